The Morgan fingerprint density at radius 2 is 1.72 bits per heavy atom. The van der Waals surface area contributed by atoms with Gasteiger partial charge in [-0.2, -0.15) is 17.9 Å². The Kier molecular flexibility index (Phi) is 5.93. The number of hydrogen-bond acceptors (Lipinski definition) is 7. The molecule has 0 bridgehead atoms. The Morgan fingerprint density at radius 1 is 1.00 bits per heavy atom. The van der Waals surface area contributed by atoms with Crippen LogP contribution in [0.5, 0.6) is 0 Å². The number of hydrogen-bond donors (Lipinski definition) is 3. The fourth-order valence-electron chi connectivity index (χ4n) is 4.82. The molecule has 0 saturated heterocycles. The van der Waals surface area contributed by atoms with Crippen LogP contribution < -0.4 is 11.5 Å². The van der Waals surface area contributed by atoms with Crippen molar-refractivity contribution in [2.75, 3.05) is 0 Å². The molecule has 0 radical (unpaired) electrons. The summed E-state index contributed by atoms with van der Waals surface area (Å²) in [7, 11) is 0. The fourth-order valence-corrected chi connectivity index (χ4v) is 4.82. The highest BCUT2D eigenvalue weighted by Crippen LogP contribution is 2.51. The minimum atomic E-state index is -4.56. The molecule has 13 heteroatoms. The Hall–Kier alpha value is -5.07. The second-order valence-electron chi connectivity index (χ2n) is 9.03. The first-order valence-corrected chi connectivity index (χ1v) is 11.5. The summed E-state index contributed by atoms with van der Waals surface area (Å²) < 4.78 is 42.1. The molecule has 1 aliphatic rings. The SMILES string of the molecule is CC1(C(N)=O)C(c2cccc(C(=N)N)c2)=NOC1(c1ccc(-c2ccccc2C(F)(F)F)cc1)n1cnnn1. The number of rotatable bonds is 6. The Labute approximate surface area is 219 Å². The van der Waals surface area contributed by atoms with E-state index < -0.39 is 28.8 Å². The van der Waals surface area contributed by atoms with E-state index in [2.05, 4.69) is 20.7 Å². The quantitative estimate of drug-likeness (QED) is 0.254. The standard InChI is InChI=1S/C26H21F3N8O2/c1-24(23(32)38)21(16-5-4-6-17(13-16)22(30)31)34-39-25(24,37-14-33-35-36-37)18-11-9-15(10-12-18)19-7-2-3-8-20(19)26(27,28)29/h2-14H,1H3,(H3,30,31)(H2,32,38). The first kappa shape index (κ1) is 25.6. The molecule has 0 aliphatic carbocycles. The van der Waals surface area contributed by atoms with E-state index in [4.69, 9.17) is 21.7 Å². The van der Waals surface area contributed by atoms with Crippen LogP contribution in [0, 0.1) is 10.8 Å². The summed E-state index contributed by atoms with van der Waals surface area (Å²) in [6.07, 6.45) is -3.34. The van der Waals surface area contributed by atoms with Crippen LogP contribution in [0.15, 0.2) is 84.3 Å². The third-order valence-electron chi connectivity index (χ3n) is 6.85. The van der Waals surface area contributed by atoms with Crippen LogP contribution in [0.2, 0.25) is 0 Å². The molecule has 2 unspecified atom stereocenters. The summed E-state index contributed by atoms with van der Waals surface area (Å²) in [6, 6.07) is 17.7. The maximum atomic E-state index is 13.6. The van der Waals surface area contributed by atoms with Crippen LogP contribution >= 0.6 is 0 Å². The van der Waals surface area contributed by atoms with Crippen molar-refractivity contribution in [1.82, 2.24) is 20.2 Å². The summed E-state index contributed by atoms with van der Waals surface area (Å²) in [5, 5.41) is 23.3. The fraction of sp³-hybridized carbons (Fsp3) is 0.154. The van der Waals surface area contributed by atoms with Gasteiger partial charge >= 0.3 is 6.18 Å². The van der Waals surface area contributed by atoms with Crippen molar-refractivity contribution in [3.8, 4) is 11.1 Å². The largest absolute Gasteiger partial charge is 0.417 e. The number of primary amides is 1. The average molecular weight is 535 g/mol. The molecule has 0 saturated carbocycles. The zero-order valence-electron chi connectivity index (χ0n) is 20.3. The maximum Gasteiger partial charge on any atom is 0.417 e. The molecule has 2 heterocycles. The average Bonchev–Trinajstić information content (AvgIpc) is 3.56. The number of nitrogens with zero attached hydrogens (tertiary/aromatic N) is 5. The normalized spacial score (nSPS) is 20.8. The molecule has 39 heavy (non-hydrogen) atoms. The number of amidine groups is 1. The van der Waals surface area contributed by atoms with Gasteiger partial charge in [-0.3, -0.25) is 10.2 Å². The van der Waals surface area contributed by atoms with Gasteiger partial charge in [-0.05, 0) is 40.6 Å². The molecule has 1 aliphatic heterocycles. The van der Waals surface area contributed by atoms with Crippen LogP contribution in [0.3, 0.4) is 0 Å². The number of nitrogens with two attached hydrogens (primary N) is 2. The lowest BCUT2D eigenvalue weighted by Crippen LogP contribution is -2.58. The summed E-state index contributed by atoms with van der Waals surface area (Å²) in [4.78, 5) is 19.2. The first-order chi connectivity index (χ1) is 18.5. The first-order valence-electron chi connectivity index (χ1n) is 11.5. The number of benzene rings is 3. The number of tetrazole rings is 1. The van der Waals surface area contributed by atoms with Crippen molar-refractivity contribution in [2.45, 2.75) is 18.8 Å². The van der Waals surface area contributed by atoms with Crippen LogP contribution in [-0.2, 0) is 21.5 Å². The lowest BCUT2D eigenvalue weighted by atomic mass is 9.69. The lowest BCUT2D eigenvalue weighted by Gasteiger charge is -2.38. The van der Waals surface area contributed by atoms with Gasteiger partial charge in [-0.25, -0.2) is 0 Å². The van der Waals surface area contributed by atoms with Crippen molar-refractivity contribution in [2.24, 2.45) is 22.0 Å². The molecular weight excluding hydrogens is 513 g/mol. The van der Waals surface area contributed by atoms with Gasteiger partial charge in [0.05, 0.1) is 5.56 Å². The predicted octanol–water partition coefficient (Wildman–Crippen LogP) is 3.27. The van der Waals surface area contributed by atoms with Gasteiger partial charge in [-0.15, -0.1) is 5.10 Å². The Balaban J connectivity index is 1.68. The lowest BCUT2D eigenvalue weighted by molar-refractivity contribution is -0.150. The minimum absolute atomic E-state index is 0.0176. The van der Waals surface area contributed by atoms with E-state index in [9.17, 15) is 18.0 Å². The van der Waals surface area contributed by atoms with Crippen molar-refractivity contribution < 1.29 is 22.8 Å². The second-order valence-corrected chi connectivity index (χ2v) is 9.03. The maximum absolute atomic E-state index is 13.6. The number of alkyl halides is 3. The number of carbonyl (C=O) groups is 1. The van der Waals surface area contributed by atoms with E-state index >= 15 is 0 Å². The molecule has 3 aromatic carbocycles. The van der Waals surface area contributed by atoms with Gasteiger partial charge in [0.1, 0.15) is 17.9 Å². The summed E-state index contributed by atoms with van der Waals surface area (Å²) in [5.41, 5.74) is 8.76. The van der Waals surface area contributed by atoms with Crippen LogP contribution in [0.1, 0.15) is 29.2 Å². The summed E-state index contributed by atoms with van der Waals surface area (Å²) in [5.74, 6) is -1.03. The molecule has 198 valence electrons. The molecule has 4 aromatic rings. The third kappa shape index (κ3) is 3.90. The van der Waals surface area contributed by atoms with Crippen molar-refractivity contribution in [3.05, 3.63) is 101 Å². The van der Waals surface area contributed by atoms with E-state index in [1.54, 1.807) is 24.3 Å². The topological polar surface area (TPSA) is 158 Å². The molecule has 5 rings (SSSR count). The molecule has 10 nitrogen and oxygen atoms in total. The smallest absolute Gasteiger partial charge is 0.384 e. The number of oxime groups is 1. The van der Waals surface area contributed by atoms with E-state index in [0.717, 1.165) is 6.07 Å². The van der Waals surface area contributed by atoms with E-state index in [1.807, 2.05) is 0 Å². The highest BCUT2D eigenvalue weighted by Gasteiger charge is 2.66. The number of aromatic nitrogens is 4. The number of carbonyl (C=O) groups excluding carboxylic acids is 1. The highest BCUT2D eigenvalue weighted by molar-refractivity contribution is 6.18. The molecule has 0 fully saturated rings. The second kappa shape index (κ2) is 9.04. The highest BCUT2D eigenvalue weighted by atomic mass is 19.4. The predicted molar refractivity (Wildman–Crippen MR) is 134 cm³/mol. The van der Waals surface area contributed by atoms with Gasteiger partial charge in [0, 0.05) is 16.7 Å². The van der Waals surface area contributed by atoms with Gasteiger partial charge < -0.3 is 16.3 Å². The van der Waals surface area contributed by atoms with Crippen LogP contribution in [-0.4, -0.2) is 37.7 Å². The number of amides is 1. The zero-order chi connectivity index (χ0) is 28.0. The van der Waals surface area contributed by atoms with Gasteiger partial charge in [-0.1, -0.05) is 65.8 Å². The van der Waals surface area contributed by atoms with Crippen molar-refractivity contribution >= 4 is 17.5 Å². The van der Waals surface area contributed by atoms with Gasteiger partial charge in [0.15, 0.2) is 5.41 Å². The summed E-state index contributed by atoms with van der Waals surface area (Å²) in [6.45, 7) is 1.51. The molecule has 1 aromatic heterocycles. The monoisotopic (exact) mass is 534 g/mol. The molecule has 0 spiro atoms. The minimum Gasteiger partial charge on any atom is -0.384 e. The Morgan fingerprint density at radius 3 is 2.33 bits per heavy atom. The number of halogens is 3. The van der Waals surface area contributed by atoms with Crippen molar-refractivity contribution in [3.63, 3.8) is 0 Å². The molecule has 1 amide bonds. The van der Waals surface area contributed by atoms with Gasteiger partial charge in [0.25, 0.3) is 5.72 Å². The number of nitrogens with one attached hydrogen (secondary N) is 1. The van der Waals surface area contributed by atoms with E-state index in [0.29, 0.717) is 16.7 Å². The van der Waals surface area contributed by atoms with Gasteiger partial charge in [0.2, 0.25) is 5.91 Å². The van der Waals surface area contributed by atoms with E-state index in [-0.39, 0.29) is 22.7 Å². The van der Waals surface area contributed by atoms with Crippen molar-refractivity contribution in [1.29, 1.82) is 5.41 Å². The molecule has 2 atom stereocenters. The van der Waals surface area contributed by atoms with Crippen LogP contribution in [0.25, 0.3) is 11.1 Å². The van der Waals surface area contributed by atoms with Crippen LogP contribution in [0.4, 0.5) is 13.2 Å². The number of nitrogen functional groups attached to an aromatic ring is 1. The Bertz CT molecular complexity index is 1600. The molecule has 5 N–H and O–H groups in total. The van der Waals surface area contributed by atoms with E-state index in [1.165, 1.54) is 60.4 Å². The zero-order valence-corrected chi connectivity index (χ0v) is 20.3. The molecular formula is C26H21F3N8O2. The summed E-state index contributed by atoms with van der Waals surface area (Å²) >= 11 is 0. The third-order valence-corrected chi connectivity index (χ3v) is 6.85.